The van der Waals surface area contributed by atoms with E-state index in [9.17, 15) is 4.79 Å². The minimum atomic E-state index is -0.0480. The van der Waals surface area contributed by atoms with Crippen molar-refractivity contribution in [3.05, 3.63) is 71.8 Å². The van der Waals surface area contributed by atoms with Crippen molar-refractivity contribution in [3.63, 3.8) is 0 Å². The van der Waals surface area contributed by atoms with Crippen molar-refractivity contribution in [1.82, 2.24) is 10.6 Å². The minimum Gasteiger partial charge on any atom is -0.354 e. The highest BCUT2D eigenvalue weighted by atomic mass is 32.2. The number of carbonyl (C=O) groups is 1. The van der Waals surface area contributed by atoms with E-state index in [1.807, 2.05) is 12.1 Å². The Morgan fingerprint density at radius 1 is 1.13 bits per heavy atom. The molecule has 0 saturated carbocycles. The lowest BCUT2D eigenvalue weighted by Crippen LogP contribution is -2.43. The predicted octanol–water partition coefficient (Wildman–Crippen LogP) is 2.79. The van der Waals surface area contributed by atoms with Crippen molar-refractivity contribution in [3.8, 4) is 0 Å². The first-order valence-electron chi connectivity index (χ1n) is 8.00. The van der Waals surface area contributed by atoms with Crippen LogP contribution in [-0.4, -0.2) is 30.1 Å². The molecule has 1 amide bonds. The highest BCUT2D eigenvalue weighted by Crippen LogP contribution is 2.20. The van der Waals surface area contributed by atoms with Gasteiger partial charge in [0, 0.05) is 24.1 Å². The number of amides is 1. The molecule has 1 fully saturated rings. The molecule has 1 aliphatic rings. The molecule has 2 aromatic rings. The van der Waals surface area contributed by atoms with E-state index in [1.165, 1.54) is 11.1 Å². The van der Waals surface area contributed by atoms with Crippen LogP contribution in [0.15, 0.2) is 60.7 Å². The fourth-order valence-corrected chi connectivity index (χ4v) is 3.78. The van der Waals surface area contributed by atoms with Crippen LogP contribution in [0, 0.1) is 0 Å². The summed E-state index contributed by atoms with van der Waals surface area (Å²) in [5, 5.41) is 6.35. The van der Waals surface area contributed by atoms with Gasteiger partial charge in [0.25, 0.3) is 0 Å². The average molecular weight is 326 g/mol. The molecule has 3 rings (SSSR count). The summed E-state index contributed by atoms with van der Waals surface area (Å²) < 4.78 is 0. The monoisotopic (exact) mass is 326 g/mol. The van der Waals surface area contributed by atoms with Crippen LogP contribution in [0.1, 0.15) is 17.0 Å². The zero-order chi connectivity index (χ0) is 15.9. The highest BCUT2D eigenvalue weighted by molar-refractivity contribution is 7.99. The molecule has 1 aliphatic heterocycles. The lowest BCUT2D eigenvalue weighted by atomic mass is 9.92. The first-order chi connectivity index (χ1) is 11.3. The maximum absolute atomic E-state index is 12.2. The zero-order valence-corrected chi connectivity index (χ0v) is 13.9. The van der Waals surface area contributed by atoms with Crippen LogP contribution < -0.4 is 10.6 Å². The van der Waals surface area contributed by atoms with Crippen molar-refractivity contribution in [2.24, 2.45) is 0 Å². The van der Waals surface area contributed by atoms with Crippen LogP contribution in [0.5, 0.6) is 0 Å². The Labute approximate surface area is 141 Å². The number of carbonyl (C=O) groups excluding carboxylic acids is 1. The van der Waals surface area contributed by atoms with Crippen molar-refractivity contribution in [1.29, 1.82) is 0 Å². The largest absolute Gasteiger partial charge is 0.354 e. The maximum atomic E-state index is 12.2. The third kappa shape index (κ3) is 4.60. The molecule has 0 bridgehead atoms. The number of nitrogens with one attached hydrogen (secondary N) is 2. The molecule has 1 heterocycles. The summed E-state index contributed by atoms with van der Waals surface area (Å²) in [6.07, 6.45) is 0.929. The smallest absolute Gasteiger partial charge is 0.238 e. The summed E-state index contributed by atoms with van der Waals surface area (Å²) in [7, 11) is 0. The molecule has 2 aromatic carbocycles. The Balaban J connectivity index is 1.66. The third-order valence-corrected chi connectivity index (χ3v) is 5.09. The molecular formula is C19H22N2OS. The molecule has 3 nitrogen and oxygen atoms in total. The van der Waals surface area contributed by atoms with Gasteiger partial charge in [0.15, 0.2) is 0 Å². The fraction of sp³-hybridized carbons (Fsp3) is 0.316. The summed E-state index contributed by atoms with van der Waals surface area (Å²) in [5.74, 6) is 2.13. The maximum Gasteiger partial charge on any atom is 0.238 e. The summed E-state index contributed by atoms with van der Waals surface area (Å²) in [4.78, 5) is 12.2. The van der Waals surface area contributed by atoms with E-state index in [1.54, 1.807) is 11.8 Å². The lowest BCUT2D eigenvalue weighted by Gasteiger charge is -2.20. The molecule has 1 saturated heterocycles. The third-order valence-electron chi connectivity index (χ3n) is 4.15. The summed E-state index contributed by atoms with van der Waals surface area (Å²) >= 11 is 1.77. The summed E-state index contributed by atoms with van der Waals surface area (Å²) in [5.41, 5.74) is 2.57. The summed E-state index contributed by atoms with van der Waals surface area (Å²) in [6, 6.07) is 20.8. The van der Waals surface area contributed by atoms with Gasteiger partial charge in [-0.3, -0.25) is 10.1 Å². The van der Waals surface area contributed by atoms with Crippen molar-refractivity contribution in [2.45, 2.75) is 18.4 Å². The SMILES string of the molecule is O=C(NCC(Cc1ccccc1)c1ccccc1)C1CSCN1. The van der Waals surface area contributed by atoms with Gasteiger partial charge in [0.2, 0.25) is 5.91 Å². The van der Waals surface area contributed by atoms with Crippen molar-refractivity contribution in [2.75, 3.05) is 18.2 Å². The quantitative estimate of drug-likeness (QED) is 0.858. The number of hydrogen-bond acceptors (Lipinski definition) is 3. The zero-order valence-electron chi connectivity index (χ0n) is 13.1. The lowest BCUT2D eigenvalue weighted by molar-refractivity contribution is -0.122. The Kier molecular flexibility index (Phi) is 5.72. The van der Waals surface area contributed by atoms with Crippen molar-refractivity contribution >= 4 is 17.7 Å². The first-order valence-corrected chi connectivity index (χ1v) is 9.16. The predicted molar refractivity (Wildman–Crippen MR) is 96.6 cm³/mol. The van der Waals surface area contributed by atoms with Crippen LogP contribution in [0.2, 0.25) is 0 Å². The standard InChI is InChI=1S/C19H22N2OS/c22-19(18-13-23-14-21-18)20-12-17(16-9-5-2-6-10-16)11-15-7-3-1-4-8-15/h1-10,17-18,21H,11-14H2,(H,20,22). The molecule has 0 aliphatic carbocycles. The van der Waals surface area contributed by atoms with Gasteiger partial charge in [0.05, 0.1) is 6.04 Å². The van der Waals surface area contributed by atoms with Gasteiger partial charge in [-0.2, -0.15) is 0 Å². The van der Waals surface area contributed by atoms with Gasteiger partial charge < -0.3 is 5.32 Å². The molecule has 0 radical (unpaired) electrons. The fourth-order valence-electron chi connectivity index (χ4n) is 2.84. The van der Waals surface area contributed by atoms with E-state index in [0.29, 0.717) is 6.54 Å². The molecular weight excluding hydrogens is 304 g/mol. The second kappa shape index (κ2) is 8.18. The van der Waals surface area contributed by atoms with Gasteiger partial charge >= 0.3 is 0 Å². The van der Waals surface area contributed by atoms with E-state index in [-0.39, 0.29) is 17.9 Å². The first kappa shape index (κ1) is 16.1. The molecule has 4 heteroatoms. The molecule has 0 spiro atoms. The normalized spacial score (nSPS) is 18.5. The molecule has 2 N–H and O–H groups in total. The van der Waals surface area contributed by atoms with Gasteiger partial charge in [-0.05, 0) is 17.5 Å². The number of thioether (sulfide) groups is 1. The number of benzene rings is 2. The second-order valence-corrected chi connectivity index (χ2v) is 6.84. The van der Waals surface area contributed by atoms with Crippen LogP contribution in [-0.2, 0) is 11.2 Å². The Morgan fingerprint density at radius 2 is 1.83 bits per heavy atom. The molecule has 120 valence electrons. The molecule has 0 aromatic heterocycles. The summed E-state index contributed by atoms with van der Waals surface area (Å²) in [6.45, 7) is 0.667. The molecule has 23 heavy (non-hydrogen) atoms. The second-order valence-electron chi connectivity index (χ2n) is 5.81. The minimum absolute atomic E-state index is 0.0480. The Morgan fingerprint density at radius 3 is 2.48 bits per heavy atom. The van der Waals surface area contributed by atoms with E-state index in [2.05, 4.69) is 59.2 Å². The number of rotatable bonds is 6. The topological polar surface area (TPSA) is 41.1 Å². The average Bonchev–Trinajstić information content (AvgIpc) is 3.15. The van der Waals surface area contributed by atoms with E-state index in [4.69, 9.17) is 0 Å². The highest BCUT2D eigenvalue weighted by Gasteiger charge is 2.23. The van der Waals surface area contributed by atoms with Crippen LogP contribution in [0.4, 0.5) is 0 Å². The van der Waals surface area contributed by atoms with E-state index >= 15 is 0 Å². The van der Waals surface area contributed by atoms with Crippen LogP contribution >= 0.6 is 11.8 Å². The molecule has 2 unspecified atom stereocenters. The van der Waals surface area contributed by atoms with E-state index in [0.717, 1.165) is 18.1 Å². The van der Waals surface area contributed by atoms with Gasteiger partial charge in [-0.1, -0.05) is 60.7 Å². The molecule has 2 atom stereocenters. The van der Waals surface area contributed by atoms with Gasteiger partial charge in [-0.25, -0.2) is 0 Å². The Hall–Kier alpha value is -1.78. The van der Waals surface area contributed by atoms with Crippen LogP contribution in [0.3, 0.4) is 0 Å². The van der Waals surface area contributed by atoms with Crippen LogP contribution in [0.25, 0.3) is 0 Å². The number of hydrogen-bond donors (Lipinski definition) is 2. The van der Waals surface area contributed by atoms with E-state index < -0.39 is 0 Å². The Bertz CT molecular complexity index is 612. The van der Waals surface area contributed by atoms with Gasteiger partial charge in [-0.15, -0.1) is 11.8 Å². The van der Waals surface area contributed by atoms with Gasteiger partial charge in [0.1, 0.15) is 0 Å². The van der Waals surface area contributed by atoms with Crippen molar-refractivity contribution < 1.29 is 4.79 Å².